The van der Waals surface area contributed by atoms with Crippen LogP contribution < -0.4 is 16.4 Å². The predicted octanol–water partition coefficient (Wildman–Crippen LogP) is 0.503. The van der Waals surface area contributed by atoms with Gasteiger partial charge in [0, 0.05) is 12.0 Å². The number of H-pyrrole nitrogens is 1. The lowest BCUT2D eigenvalue weighted by Gasteiger charge is -2.28. The van der Waals surface area contributed by atoms with Crippen LogP contribution in [-0.4, -0.2) is 34.7 Å². The average molecular weight is 282 g/mol. The van der Waals surface area contributed by atoms with Gasteiger partial charge in [0.2, 0.25) is 5.91 Å². The molecule has 1 aliphatic rings. The molecule has 20 heavy (non-hydrogen) atoms. The van der Waals surface area contributed by atoms with Crippen molar-refractivity contribution in [2.75, 3.05) is 6.54 Å². The number of amides is 1. The van der Waals surface area contributed by atoms with Gasteiger partial charge in [-0.05, 0) is 39.2 Å². The summed E-state index contributed by atoms with van der Waals surface area (Å²) in [6, 6.07) is 0.0445. The Morgan fingerprint density at radius 2 is 2.15 bits per heavy atom. The Morgan fingerprint density at radius 3 is 2.70 bits per heavy atom. The molecule has 0 aromatic carbocycles. The number of nitrogens with one attached hydrogen (secondary N) is 3. The van der Waals surface area contributed by atoms with Crippen LogP contribution in [0, 0.1) is 0 Å². The lowest BCUT2D eigenvalue weighted by molar-refractivity contribution is -0.123. The second-order valence-electron chi connectivity index (χ2n) is 5.32. The highest BCUT2D eigenvalue weighted by molar-refractivity contribution is 5.81. The maximum atomic E-state index is 11.9. The molecule has 3 N–H and O–H groups in total. The molecule has 1 atom stereocenters. The van der Waals surface area contributed by atoms with E-state index in [1.807, 2.05) is 13.8 Å². The number of hydrogen-bond donors (Lipinski definition) is 3. The molecule has 0 bridgehead atoms. The van der Waals surface area contributed by atoms with Gasteiger partial charge in [-0.1, -0.05) is 12.1 Å². The molecule has 1 aromatic rings. The van der Waals surface area contributed by atoms with Crippen LogP contribution in [0.4, 0.5) is 0 Å². The molecule has 0 saturated heterocycles. The van der Waals surface area contributed by atoms with E-state index in [9.17, 15) is 9.59 Å². The first-order chi connectivity index (χ1) is 9.60. The normalized spacial score (nSPS) is 24.3. The molecule has 0 spiro atoms. The molecule has 1 fully saturated rings. The summed E-state index contributed by atoms with van der Waals surface area (Å²) in [6.45, 7) is 4.62. The highest BCUT2D eigenvalue weighted by Gasteiger charge is 2.26. The zero-order valence-electron chi connectivity index (χ0n) is 11.9. The molecule has 1 unspecified atom stereocenters. The third-order valence-electron chi connectivity index (χ3n) is 3.82. The number of rotatable bonds is 5. The fraction of sp³-hybridized carbons (Fsp3) is 0.769. The topological polar surface area (TPSA) is 100 Å². The van der Waals surface area contributed by atoms with Crippen LogP contribution in [0.1, 0.15) is 51.3 Å². The second-order valence-corrected chi connectivity index (χ2v) is 5.32. The monoisotopic (exact) mass is 282 g/mol. The van der Waals surface area contributed by atoms with Gasteiger partial charge in [0.1, 0.15) is 0 Å². The Bertz CT molecular complexity index is 488. The van der Waals surface area contributed by atoms with Crippen LogP contribution in [0.25, 0.3) is 0 Å². The summed E-state index contributed by atoms with van der Waals surface area (Å²) >= 11 is 0. The molecule has 0 radical (unpaired) electrons. The molecule has 112 valence electrons. The molecule has 0 aliphatic heterocycles. The van der Waals surface area contributed by atoms with Crippen LogP contribution in [0.3, 0.4) is 0 Å². The Balaban J connectivity index is 1.79. The van der Waals surface area contributed by atoms with Crippen molar-refractivity contribution in [3.05, 3.63) is 16.4 Å². The number of hydrogen-bond acceptors (Lipinski definition) is 5. The van der Waals surface area contributed by atoms with Gasteiger partial charge < -0.3 is 10.6 Å². The van der Waals surface area contributed by atoms with Crippen molar-refractivity contribution in [1.82, 2.24) is 20.8 Å². The first kappa shape index (κ1) is 14.8. The number of carbonyl (C=O) groups is 1. The van der Waals surface area contributed by atoms with E-state index in [0.29, 0.717) is 5.82 Å². The molecule has 1 aliphatic carbocycles. The molecular weight excluding hydrogens is 260 g/mol. The van der Waals surface area contributed by atoms with Crippen molar-refractivity contribution < 1.29 is 9.32 Å². The fourth-order valence-corrected chi connectivity index (χ4v) is 2.65. The molecule has 1 amide bonds. The molecular formula is C13H22N4O3. The van der Waals surface area contributed by atoms with Crippen molar-refractivity contribution in [3.8, 4) is 0 Å². The van der Waals surface area contributed by atoms with E-state index in [4.69, 9.17) is 0 Å². The number of aromatic amines is 1. The number of aromatic nitrogens is 2. The largest absolute Gasteiger partial charge is 0.438 e. The van der Waals surface area contributed by atoms with Crippen LogP contribution in [0.5, 0.6) is 0 Å². The molecule has 7 heteroatoms. The van der Waals surface area contributed by atoms with E-state index >= 15 is 0 Å². The van der Waals surface area contributed by atoms with Gasteiger partial charge in [0.15, 0.2) is 5.82 Å². The maximum Gasteiger partial charge on any atom is 0.438 e. The minimum Gasteiger partial charge on any atom is -0.352 e. The van der Waals surface area contributed by atoms with Gasteiger partial charge in [-0.2, -0.15) is 0 Å². The highest BCUT2D eigenvalue weighted by atomic mass is 16.5. The van der Waals surface area contributed by atoms with Crippen LogP contribution >= 0.6 is 0 Å². The summed E-state index contributed by atoms with van der Waals surface area (Å²) in [4.78, 5) is 25.4. The third-order valence-corrected chi connectivity index (χ3v) is 3.82. The lowest BCUT2D eigenvalue weighted by atomic mass is 9.85. The molecule has 1 saturated carbocycles. The number of nitrogens with zero attached hydrogens (tertiary/aromatic N) is 1. The molecule has 7 nitrogen and oxygen atoms in total. The quantitative estimate of drug-likeness (QED) is 0.730. The van der Waals surface area contributed by atoms with Crippen molar-refractivity contribution in [1.29, 1.82) is 0 Å². The van der Waals surface area contributed by atoms with Crippen molar-refractivity contribution in [2.45, 2.75) is 57.5 Å². The molecule has 1 heterocycles. The van der Waals surface area contributed by atoms with E-state index in [1.165, 1.54) is 0 Å². The number of carbonyl (C=O) groups excluding carboxylic acids is 1. The fourth-order valence-electron chi connectivity index (χ4n) is 2.65. The molecule has 2 rings (SSSR count). The Hall–Kier alpha value is -1.63. The van der Waals surface area contributed by atoms with E-state index < -0.39 is 5.76 Å². The van der Waals surface area contributed by atoms with Crippen LogP contribution in [0.2, 0.25) is 0 Å². The Labute approximate surface area is 117 Å². The van der Waals surface area contributed by atoms with Crippen molar-refractivity contribution >= 4 is 5.91 Å². The summed E-state index contributed by atoms with van der Waals surface area (Å²) in [7, 11) is 0. The van der Waals surface area contributed by atoms with Crippen molar-refractivity contribution in [3.63, 3.8) is 0 Å². The minimum absolute atomic E-state index is 0.0464. The zero-order chi connectivity index (χ0) is 14.5. The first-order valence-corrected chi connectivity index (χ1v) is 7.19. The maximum absolute atomic E-state index is 11.9. The van der Waals surface area contributed by atoms with Gasteiger partial charge in [-0.3, -0.25) is 14.3 Å². The van der Waals surface area contributed by atoms with E-state index in [0.717, 1.165) is 32.2 Å². The zero-order valence-corrected chi connectivity index (χ0v) is 11.9. The smallest absolute Gasteiger partial charge is 0.352 e. The summed E-state index contributed by atoms with van der Waals surface area (Å²) in [5, 5.41) is 9.90. The summed E-state index contributed by atoms with van der Waals surface area (Å²) in [6.07, 6.45) is 3.57. The Morgan fingerprint density at radius 1 is 1.45 bits per heavy atom. The lowest BCUT2D eigenvalue weighted by Crippen LogP contribution is -2.47. The van der Waals surface area contributed by atoms with E-state index in [-0.39, 0.29) is 23.9 Å². The van der Waals surface area contributed by atoms with Gasteiger partial charge in [0.25, 0.3) is 0 Å². The van der Waals surface area contributed by atoms with Gasteiger partial charge in [-0.25, -0.2) is 4.79 Å². The third kappa shape index (κ3) is 3.69. The van der Waals surface area contributed by atoms with Crippen molar-refractivity contribution in [2.24, 2.45) is 0 Å². The van der Waals surface area contributed by atoms with Crippen LogP contribution in [-0.2, 0) is 4.79 Å². The van der Waals surface area contributed by atoms with E-state index in [1.54, 1.807) is 0 Å². The van der Waals surface area contributed by atoms with Crippen LogP contribution in [0.15, 0.2) is 9.32 Å². The molecule has 1 aromatic heterocycles. The van der Waals surface area contributed by atoms with E-state index in [2.05, 4.69) is 25.3 Å². The average Bonchev–Trinajstić information content (AvgIpc) is 2.86. The summed E-state index contributed by atoms with van der Waals surface area (Å²) in [5.74, 6) is 0.390. The van der Waals surface area contributed by atoms with Gasteiger partial charge in [0.05, 0.1) is 6.04 Å². The van der Waals surface area contributed by atoms with Gasteiger partial charge >= 0.3 is 5.76 Å². The minimum atomic E-state index is -0.505. The van der Waals surface area contributed by atoms with Gasteiger partial charge in [-0.15, -0.1) is 0 Å². The highest BCUT2D eigenvalue weighted by Crippen LogP contribution is 2.30. The first-order valence-electron chi connectivity index (χ1n) is 7.19. The standard InChI is InChI=1S/C13H22N4O3/c1-3-14-8(2)12(18)15-10-6-4-9(5-7-10)11-16-13(19)20-17-11/h8-10,14H,3-7H2,1-2H3,(H,15,18)(H,16,17,19). The Kier molecular flexibility index (Phi) is 4.94. The number of likely N-dealkylation sites (N-methyl/N-ethyl adjacent to an activating group) is 1. The SMILES string of the molecule is CCNC(C)C(=O)NC1CCC(c2noc(=O)[nH]2)CC1. The summed E-state index contributed by atoms with van der Waals surface area (Å²) in [5.41, 5.74) is 0. The summed E-state index contributed by atoms with van der Waals surface area (Å²) < 4.78 is 4.53. The second kappa shape index (κ2) is 6.69. The predicted molar refractivity (Wildman–Crippen MR) is 73.4 cm³/mol.